The van der Waals surface area contributed by atoms with Crippen molar-refractivity contribution in [3.05, 3.63) is 23.8 Å². The van der Waals surface area contributed by atoms with Gasteiger partial charge in [0.25, 0.3) is 5.91 Å². The first-order valence-corrected chi connectivity index (χ1v) is 7.00. The number of nitrogen functional groups attached to an aromatic ring is 1. The molecule has 1 amide bonds. The van der Waals surface area contributed by atoms with Crippen LogP contribution in [0.25, 0.3) is 0 Å². The Morgan fingerprint density at radius 3 is 2.95 bits per heavy atom. The molecule has 1 aliphatic heterocycles. The normalized spacial score (nSPS) is 18.0. The smallest absolute Gasteiger partial charge is 0.256 e. The molecule has 5 heteroatoms. The molecule has 1 aliphatic rings. The minimum Gasteiger partial charge on any atom is -0.497 e. The molecule has 1 saturated heterocycles. The predicted molar refractivity (Wildman–Crippen MR) is 78.0 cm³/mol. The third kappa shape index (κ3) is 3.22. The highest BCUT2D eigenvalue weighted by molar-refractivity contribution is 5.99. The van der Waals surface area contributed by atoms with Crippen LogP contribution in [0.3, 0.4) is 0 Å². The molecule has 0 radical (unpaired) electrons. The fourth-order valence-electron chi connectivity index (χ4n) is 2.41. The van der Waals surface area contributed by atoms with Gasteiger partial charge in [-0.05, 0) is 38.0 Å². The minimum atomic E-state index is -0.0700. The van der Waals surface area contributed by atoms with Gasteiger partial charge in [0.05, 0.1) is 18.8 Å². The van der Waals surface area contributed by atoms with Gasteiger partial charge in [-0.15, -0.1) is 0 Å². The van der Waals surface area contributed by atoms with Crippen LogP contribution in [0.4, 0.5) is 5.69 Å². The third-order valence-electron chi connectivity index (χ3n) is 3.61. The first-order valence-electron chi connectivity index (χ1n) is 7.00. The van der Waals surface area contributed by atoms with Gasteiger partial charge in [0.1, 0.15) is 5.75 Å². The average Bonchev–Trinajstić information content (AvgIpc) is 2.97. The molecule has 1 unspecified atom stereocenters. The second-order valence-electron chi connectivity index (χ2n) is 4.93. The highest BCUT2D eigenvalue weighted by Gasteiger charge is 2.23. The number of anilines is 1. The molecule has 1 heterocycles. The van der Waals surface area contributed by atoms with Gasteiger partial charge in [0, 0.05) is 25.4 Å². The summed E-state index contributed by atoms with van der Waals surface area (Å²) in [5, 5.41) is 0. The van der Waals surface area contributed by atoms with Gasteiger partial charge in [-0.1, -0.05) is 0 Å². The van der Waals surface area contributed by atoms with Crippen LogP contribution >= 0.6 is 0 Å². The van der Waals surface area contributed by atoms with Crippen molar-refractivity contribution in [1.82, 2.24) is 4.90 Å². The average molecular weight is 278 g/mol. The van der Waals surface area contributed by atoms with Gasteiger partial charge in [-0.3, -0.25) is 4.79 Å². The maximum Gasteiger partial charge on any atom is 0.256 e. The summed E-state index contributed by atoms with van der Waals surface area (Å²) in [6.45, 7) is 4.00. The molecule has 0 aromatic heterocycles. The first-order chi connectivity index (χ1) is 9.65. The molecule has 0 aliphatic carbocycles. The molecule has 1 fully saturated rings. The molecule has 1 aromatic rings. The number of benzene rings is 1. The van der Waals surface area contributed by atoms with Crippen molar-refractivity contribution in [2.45, 2.75) is 25.9 Å². The van der Waals surface area contributed by atoms with E-state index in [0.717, 1.165) is 19.4 Å². The number of methoxy groups -OCH3 is 1. The number of amides is 1. The van der Waals surface area contributed by atoms with Gasteiger partial charge < -0.3 is 20.1 Å². The van der Waals surface area contributed by atoms with Crippen LogP contribution in [0.5, 0.6) is 5.75 Å². The van der Waals surface area contributed by atoms with Crippen molar-refractivity contribution in [1.29, 1.82) is 0 Å². The first kappa shape index (κ1) is 14.7. The van der Waals surface area contributed by atoms with Crippen LogP contribution in [0.15, 0.2) is 18.2 Å². The summed E-state index contributed by atoms with van der Waals surface area (Å²) < 4.78 is 10.8. The molecule has 110 valence electrons. The van der Waals surface area contributed by atoms with Crippen molar-refractivity contribution < 1.29 is 14.3 Å². The zero-order chi connectivity index (χ0) is 14.5. The van der Waals surface area contributed by atoms with Gasteiger partial charge in [-0.25, -0.2) is 0 Å². The monoisotopic (exact) mass is 278 g/mol. The quantitative estimate of drug-likeness (QED) is 0.836. The molecule has 2 N–H and O–H groups in total. The van der Waals surface area contributed by atoms with E-state index >= 15 is 0 Å². The summed E-state index contributed by atoms with van der Waals surface area (Å²) in [4.78, 5) is 14.4. The van der Waals surface area contributed by atoms with Crippen LogP contribution in [0.1, 0.15) is 30.1 Å². The summed E-state index contributed by atoms with van der Waals surface area (Å²) in [5.74, 6) is 0.565. The number of ether oxygens (including phenoxy) is 2. The zero-order valence-electron chi connectivity index (χ0n) is 12.1. The van der Waals surface area contributed by atoms with Crippen LogP contribution in [-0.2, 0) is 4.74 Å². The highest BCUT2D eigenvalue weighted by atomic mass is 16.5. The van der Waals surface area contributed by atoms with Gasteiger partial charge in [0.15, 0.2) is 0 Å². The van der Waals surface area contributed by atoms with Crippen LogP contribution in [0, 0.1) is 0 Å². The van der Waals surface area contributed by atoms with Crippen molar-refractivity contribution >= 4 is 11.6 Å². The second kappa shape index (κ2) is 6.61. The molecule has 5 nitrogen and oxygen atoms in total. The minimum absolute atomic E-state index is 0.0700. The summed E-state index contributed by atoms with van der Waals surface area (Å²) in [6.07, 6.45) is 2.22. The fourth-order valence-corrected chi connectivity index (χ4v) is 2.41. The van der Waals surface area contributed by atoms with E-state index in [1.54, 1.807) is 30.2 Å². The van der Waals surface area contributed by atoms with Crippen molar-refractivity contribution in [2.75, 3.05) is 32.5 Å². The van der Waals surface area contributed by atoms with E-state index in [1.807, 2.05) is 6.92 Å². The van der Waals surface area contributed by atoms with E-state index in [-0.39, 0.29) is 12.0 Å². The van der Waals surface area contributed by atoms with Crippen LogP contribution in [0.2, 0.25) is 0 Å². The molecular formula is C15H22N2O3. The SMILES string of the molecule is CCN(CC1CCCO1)C(=O)c1cc(OC)ccc1N. The zero-order valence-corrected chi connectivity index (χ0v) is 12.1. The van der Waals surface area contributed by atoms with Gasteiger partial charge >= 0.3 is 0 Å². The molecule has 20 heavy (non-hydrogen) atoms. The van der Waals surface area contributed by atoms with E-state index in [9.17, 15) is 4.79 Å². The Balaban J connectivity index is 2.14. The lowest BCUT2D eigenvalue weighted by Crippen LogP contribution is -2.37. The number of hydrogen-bond acceptors (Lipinski definition) is 4. The Bertz CT molecular complexity index is 470. The summed E-state index contributed by atoms with van der Waals surface area (Å²) in [6, 6.07) is 5.14. The maximum atomic E-state index is 12.6. The molecule has 1 atom stereocenters. The molecule has 2 rings (SSSR count). The Labute approximate surface area is 119 Å². The Morgan fingerprint density at radius 1 is 1.55 bits per heavy atom. The molecule has 0 spiro atoms. The number of nitrogens with zero attached hydrogens (tertiary/aromatic N) is 1. The predicted octanol–water partition coefficient (Wildman–Crippen LogP) is 1.92. The molecule has 0 bridgehead atoms. The molecule has 1 aromatic carbocycles. The van der Waals surface area contributed by atoms with E-state index in [1.165, 1.54) is 0 Å². The number of carbonyl (C=O) groups excluding carboxylic acids is 1. The fraction of sp³-hybridized carbons (Fsp3) is 0.533. The number of rotatable bonds is 5. The van der Waals surface area contributed by atoms with Gasteiger partial charge in [0.2, 0.25) is 0 Å². The summed E-state index contributed by atoms with van der Waals surface area (Å²) >= 11 is 0. The Morgan fingerprint density at radius 2 is 2.35 bits per heavy atom. The number of hydrogen-bond donors (Lipinski definition) is 1. The summed E-state index contributed by atoms with van der Waals surface area (Å²) in [7, 11) is 1.57. The Hall–Kier alpha value is -1.75. The van der Waals surface area contributed by atoms with E-state index in [2.05, 4.69) is 0 Å². The number of carbonyl (C=O) groups is 1. The number of nitrogens with two attached hydrogens (primary N) is 1. The topological polar surface area (TPSA) is 64.8 Å². The van der Waals surface area contributed by atoms with E-state index < -0.39 is 0 Å². The van der Waals surface area contributed by atoms with Crippen LogP contribution in [-0.4, -0.2) is 43.7 Å². The van der Waals surface area contributed by atoms with Crippen LogP contribution < -0.4 is 10.5 Å². The van der Waals surface area contributed by atoms with E-state index in [4.69, 9.17) is 15.2 Å². The lowest BCUT2D eigenvalue weighted by Gasteiger charge is -2.24. The highest BCUT2D eigenvalue weighted by Crippen LogP contribution is 2.22. The lowest BCUT2D eigenvalue weighted by atomic mass is 10.1. The van der Waals surface area contributed by atoms with Crippen molar-refractivity contribution in [2.24, 2.45) is 0 Å². The summed E-state index contributed by atoms with van der Waals surface area (Å²) in [5.41, 5.74) is 6.88. The lowest BCUT2D eigenvalue weighted by molar-refractivity contribution is 0.0539. The molecular weight excluding hydrogens is 256 g/mol. The third-order valence-corrected chi connectivity index (χ3v) is 3.61. The van der Waals surface area contributed by atoms with E-state index in [0.29, 0.717) is 30.1 Å². The molecule has 0 saturated carbocycles. The maximum absolute atomic E-state index is 12.6. The number of likely N-dealkylation sites (N-methyl/N-ethyl adjacent to an activating group) is 1. The second-order valence-corrected chi connectivity index (χ2v) is 4.93. The Kier molecular flexibility index (Phi) is 4.84. The standard InChI is InChI=1S/C15H22N2O3/c1-3-17(10-12-5-4-8-20-12)15(18)13-9-11(19-2)6-7-14(13)16/h6-7,9,12H,3-5,8,10,16H2,1-2H3. The largest absolute Gasteiger partial charge is 0.497 e. The van der Waals surface area contributed by atoms with Gasteiger partial charge in [-0.2, -0.15) is 0 Å². The van der Waals surface area contributed by atoms with Crippen molar-refractivity contribution in [3.63, 3.8) is 0 Å². The van der Waals surface area contributed by atoms with Crippen molar-refractivity contribution in [3.8, 4) is 5.75 Å².